The van der Waals surface area contributed by atoms with Crippen molar-refractivity contribution >= 4 is 0 Å². The number of allylic oxidation sites excluding steroid dienone is 5. The topological polar surface area (TPSA) is 0 Å². The van der Waals surface area contributed by atoms with Gasteiger partial charge in [0.1, 0.15) is 0 Å². The fourth-order valence-corrected chi connectivity index (χ4v) is 6.06. The van der Waals surface area contributed by atoms with Gasteiger partial charge in [0, 0.05) is 0 Å². The van der Waals surface area contributed by atoms with Gasteiger partial charge in [-0.2, -0.15) is 0 Å². The van der Waals surface area contributed by atoms with Crippen LogP contribution < -0.4 is 0 Å². The van der Waals surface area contributed by atoms with E-state index in [4.69, 9.17) is 0 Å². The Balaban J connectivity index is 1.64. The Morgan fingerprint density at radius 3 is 2.85 bits per heavy atom. The molecule has 4 rings (SSSR count). The van der Waals surface area contributed by atoms with Crippen LogP contribution in [-0.4, -0.2) is 0 Å². The van der Waals surface area contributed by atoms with Crippen LogP contribution in [0.4, 0.5) is 0 Å². The van der Waals surface area contributed by atoms with Gasteiger partial charge in [0.25, 0.3) is 0 Å². The van der Waals surface area contributed by atoms with Crippen molar-refractivity contribution in [2.45, 2.75) is 58.8 Å². The molecule has 4 aliphatic carbocycles. The summed E-state index contributed by atoms with van der Waals surface area (Å²) in [5, 5.41) is 0. The molecule has 4 aliphatic rings. The van der Waals surface area contributed by atoms with Gasteiger partial charge in [-0.3, -0.25) is 0 Å². The molecule has 0 aromatic carbocycles. The molecule has 2 saturated carbocycles. The predicted octanol–water partition coefficient (Wildman–Crippen LogP) is 5.67. The number of hydrogen-bond donors (Lipinski definition) is 0. The van der Waals surface area contributed by atoms with Crippen molar-refractivity contribution in [2.24, 2.45) is 29.1 Å². The highest BCUT2D eigenvalue weighted by molar-refractivity contribution is 5.31. The third-order valence-electron chi connectivity index (χ3n) is 7.39. The molecule has 108 valence electrons. The summed E-state index contributed by atoms with van der Waals surface area (Å²) in [6.45, 7) is 9.14. The third kappa shape index (κ3) is 1.66. The van der Waals surface area contributed by atoms with Crippen LogP contribution in [0.15, 0.2) is 35.5 Å². The van der Waals surface area contributed by atoms with E-state index in [0.717, 1.165) is 23.7 Å². The van der Waals surface area contributed by atoms with Crippen molar-refractivity contribution < 1.29 is 0 Å². The van der Waals surface area contributed by atoms with Gasteiger partial charge in [0.15, 0.2) is 0 Å². The second kappa shape index (κ2) is 4.36. The van der Waals surface area contributed by atoms with Gasteiger partial charge in [-0.05, 0) is 81.0 Å². The number of fused-ring (bicyclic) bond motifs is 5. The maximum Gasteiger partial charge on any atom is -0.00851 e. The van der Waals surface area contributed by atoms with E-state index in [1.807, 2.05) is 0 Å². The molecule has 0 aliphatic heterocycles. The average molecular weight is 268 g/mol. The van der Waals surface area contributed by atoms with Crippen molar-refractivity contribution in [2.75, 3.05) is 0 Å². The molecule has 20 heavy (non-hydrogen) atoms. The highest BCUT2D eigenvalue weighted by atomic mass is 14.6. The second-order valence-corrected chi connectivity index (χ2v) is 8.07. The van der Waals surface area contributed by atoms with E-state index in [-0.39, 0.29) is 0 Å². The lowest BCUT2D eigenvalue weighted by Gasteiger charge is -2.53. The summed E-state index contributed by atoms with van der Waals surface area (Å²) in [7, 11) is 0. The van der Waals surface area contributed by atoms with Crippen LogP contribution in [0, 0.1) is 29.1 Å². The zero-order valence-electron chi connectivity index (χ0n) is 13.1. The van der Waals surface area contributed by atoms with Gasteiger partial charge in [-0.25, -0.2) is 0 Å². The Labute approximate surface area is 124 Å². The molecule has 0 nitrogen and oxygen atoms in total. The van der Waals surface area contributed by atoms with Crippen LogP contribution in [0.1, 0.15) is 58.8 Å². The standard InChI is InChI=1S/C20H28/c1-13-4-7-16-15(12-13)6-8-18-17(16)10-11-20(3)14(2)5-9-19(18)20/h5,12,16-19H,1,4,6-11H2,2-3H3. The molecule has 5 atom stereocenters. The first-order valence-corrected chi connectivity index (χ1v) is 8.65. The molecular formula is C20H28. The molecule has 0 saturated heterocycles. The maximum absolute atomic E-state index is 4.20. The minimum absolute atomic E-state index is 0.542. The van der Waals surface area contributed by atoms with E-state index in [9.17, 15) is 0 Å². The van der Waals surface area contributed by atoms with Gasteiger partial charge in [0.05, 0.1) is 0 Å². The SMILES string of the molecule is C=C1C=C2CCC3C(CCC4(C)C(C)=CCC34)C2CC1. The average Bonchev–Trinajstić information content (AvgIpc) is 2.74. The molecular weight excluding hydrogens is 240 g/mol. The molecule has 0 aromatic rings. The maximum atomic E-state index is 4.20. The normalized spacial score (nSPS) is 47.0. The Hall–Kier alpha value is -0.780. The Kier molecular flexibility index (Phi) is 2.81. The van der Waals surface area contributed by atoms with Crippen molar-refractivity contribution in [1.82, 2.24) is 0 Å². The van der Waals surface area contributed by atoms with Crippen molar-refractivity contribution in [3.8, 4) is 0 Å². The first-order chi connectivity index (χ1) is 9.59. The largest absolute Gasteiger partial charge is 0.0958 e. The monoisotopic (exact) mass is 268 g/mol. The predicted molar refractivity (Wildman–Crippen MR) is 85.4 cm³/mol. The smallest absolute Gasteiger partial charge is 0.00851 e. The van der Waals surface area contributed by atoms with Crippen molar-refractivity contribution in [3.63, 3.8) is 0 Å². The molecule has 2 fully saturated rings. The van der Waals surface area contributed by atoms with E-state index in [2.05, 4.69) is 32.6 Å². The fourth-order valence-electron chi connectivity index (χ4n) is 6.06. The van der Waals surface area contributed by atoms with Gasteiger partial charge >= 0.3 is 0 Å². The van der Waals surface area contributed by atoms with E-state index >= 15 is 0 Å². The Morgan fingerprint density at radius 2 is 2.00 bits per heavy atom. The van der Waals surface area contributed by atoms with E-state index in [1.54, 1.807) is 11.1 Å². The van der Waals surface area contributed by atoms with Crippen LogP contribution in [-0.2, 0) is 0 Å². The zero-order valence-corrected chi connectivity index (χ0v) is 13.1. The van der Waals surface area contributed by atoms with Crippen molar-refractivity contribution in [3.05, 3.63) is 35.5 Å². The summed E-state index contributed by atoms with van der Waals surface area (Å²) < 4.78 is 0. The van der Waals surface area contributed by atoms with Crippen molar-refractivity contribution in [1.29, 1.82) is 0 Å². The first-order valence-electron chi connectivity index (χ1n) is 8.65. The highest BCUT2D eigenvalue weighted by Crippen LogP contribution is 2.61. The van der Waals surface area contributed by atoms with Crippen LogP contribution >= 0.6 is 0 Å². The molecule has 0 spiro atoms. The van der Waals surface area contributed by atoms with Crippen LogP contribution in [0.2, 0.25) is 0 Å². The minimum Gasteiger partial charge on any atom is -0.0958 e. The molecule has 0 amide bonds. The molecule has 0 heterocycles. The molecule has 0 bridgehead atoms. The number of rotatable bonds is 0. The van der Waals surface area contributed by atoms with Gasteiger partial charge in [0.2, 0.25) is 0 Å². The van der Waals surface area contributed by atoms with Gasteiger partial charge in [-0.1, -0.05) is 42.4 Å². The zero-order chi connectivity index (χ0) is 13.9. The van der Waals surface area contributed by atoms with Crippen LogP contribution in [0.5, 0.6) is 0 Å². The van der Waals surface area contributed by atoms with Crippen LogP contribution in [0.3, 0.4) is 0 Å². The number of hydrogen-bond acceptors (Lipinski definition) is 0. The molecule has 0 heteroatoms. The summed E-state index contributed by atoms with van der Waals surface area (Å²) >= 11 is 0. The quantitative estimate of drug-likeness (QED) is 0.496. The first kappa shape index (κ1) is 12.9. The fraction of sp³-hybridized carbons (Fsp3) is 0.700. The Morgan fingerprint density at radius 1 is 1.15 bits per heavy atom. The molecule has 0 N–H and O–H groups in total. The van der Waals surface area contributed by atoms with Crippen LogP contribution in [0.25, 0.3) is 0 Å². The van der Waals surface area contributed by atoms with Gasteiger partial charge < -0.3 is 0 Å². The van der Waals surface area contributed by atoms with E-state index in [0.29, 0.717) is 5.41 Å². The van der Waals surface area contributed by atoms with E-state index < -0.39 is 0 Å². The van der Waals surface area contributed by atoms with Gasteiger partial charge in [-0.15, -0.1) is 0 Å². The molecule has 5 unspecified atom stereocenters. The summed E-state index contributed by atoms with van der Waals surface area (Å²) in [5.74, 6) is 3.84. The Bertz CT molecular complexity index is 506. The summed E-state index contributed by atoms with van der Waals surface area (Å²) in [5.41, 5.74) is 5.38. The molecule has 0 aromatic heterocycles. The lowest BCUT2D eigenvalue weighted by Crippen LogP contribution is -2.45. The second-order valence-electron chi connectivity index (χ2n) is 8.07. The lowest BCUT2D eigenvalue weighted by atomic mass is 9.51. The summed E-state index contributed by atoms with van der Waals surface area (Å²) in [6, 6.07) is 0. The van der Waals surface area contributed by atoms with E-state index in [1.165, 1.54) is 50.5 Å². The third-order valence-corrected chi connectivity index (χ3v) is 7.39. The summed E-state index contributed by atoms with van der Waals surface area (Å²) in [4.78, 5) is 0. The molecule has 0 radical (unpaired) electrons. The lowest BCUT2D eigenvalue weighted by molar-refractivity contribution is 0.0103. The summed E-state index contributed by atoms with van der Waals surface area (Å²) in [6.07, 6.45) is 14.7. The minimum atomic E-state index is 0.542. The highest BCUT2D eigenvalue weighted by Gasteiger charge is 2.52.